The Balaban J connectivity index is 3.74. The highest BCUT2D eigenvalue weighted by molar-refractivity contribution is 5.12. The zero-order valence-electron chi connectivity index (χ0n) is 6.15. The van der Waals surface area contributed by atoms with Gasteiger partial charge in [0.25, 0.3) is 0 Å². The lowest BCUT2D eigenvalue weighted by Gasteiger charge is -2.16. The van der Waals surface area contributed by atoms with E-state index in [-0.39, 0.29) is 0 Å². The van der Waals surface area contributed by atoms with E-state index in [1.165, 1.54) is 0 Å². The molecule has 9 heavy (non-hydrogen) atoms. The minimum Gasteiger partial charge on any atom is -0.390 e. The first-order chi connectivity index (χ1) is 3.95. The van der Waals surface area contributed by atoms with E-state index in [1.54, 1.807) is 19.9 Å². The molecule has 52 valence electrons. The maximum absolute atomic E-state index is 9.21. The van der Waals surface area contributed by atoms with Crippen molar-refractivity contribution in [2.24, 2.45) is 0 Å². The van der Waals surface area contributed by atoms with Crippen molar-refractivity contribution in [1.82, 2.24) is 0 Å². The molecule has 1 nitrogen and oxygen atoms in total. The quantitative estimate of drug-likeness (QED) is 0.572. The molecule has 0 atom stereocenters. The summed E-state index contributed by atoms with van der Waals surface area (Å²) in [6.45, 7) is 10.7. The van der Waals surface area contributed by atoms with Gasteiger partial charge in [0, 0.05) is 6.42 Å². The Bertz CT molecular complexity index is 117. The molecule has 0 rings (SSSR count). The Morgan fingerprint density at radius 3 is 2.22 bits per heavy atom. The summed E-state index contributed by atoms with van der Waals surface area (Å²) in [4.78, 5) is 0. The van der Waals surface area contributed by atoms with E-state index < -0.39 is 5.60 Å². The molecular weight excluding hydrogens is 112 g/mol. The van der Waals surface area contributed by atoms with Crippen LogP contribution < -0.4 is 0 Å². The molecule has 0 aromatic carbocycles. The highest BCUT2D eigenvalue weighted by Crippen LogP contribution is 2.13. The van der Waals surface area contributed by atoms with Gasteiger partial charge in [0.1, 0.15) is 0 Å². The highest BCUT2D eigenvalue weighted by Gasteiger charge is 2.11. The maximum atomic E-state index is 9.21. The van der Waals surface area contributed by atoms with Crippen LogP contribution in [0.3, 0.4) is 0 Å². The van der Waals surface area contributed by atoms with Gasteiger partial charge in [-0.1, -0.05) is 24.8 Å². The second-order valence-electron chi connectivity index (χ2n) is 2.85. The first-order valence-electron chi connectivity index (χ1n) is 2.98. The van der Waals surface area contributed by atoms with E-state index in [2.05, 4.69) is 13.2 Å². The van der Waals surface area contributed by atoms with Crippen LogP contribution in [-0.2, 0) is 0 Å². The first kappa shape index (κ1) is 8.44. The van der Waals surface area contributed by atoms with Gasteiger partial charge in [0.2, 0.25) is 0 Å². The summed E-state index contributed by atoms with van der Waals surface area (Å²) >= 11 is 0. The molecule has 1 N–H and O–H groups in total. The topological polar surface area (TPSA) is 20.2 Å². The average Bonchev–Trinajstić information content (AvgIpc) is 1.62. The molecule has 0 aromatic rings. The SMILES string of the molecule is C=CC(=C)CC(C)(C)O. The average molecular weight is 126 g/mol. The van der Waals surface area contributed by atoms with Gasteiger partial charge in [-0.2, -0.15) is 0 Å². The van der Waals surface area contributed by atoms with E-state index in [4.69, 9.17) is 0 Å². The first-order valence-corrected chi connectivity index (χ1v) is 2.98. The van der Waals surface area contributed by atoms with Gasteiger partial charge < -0.3 is 5.11 Å². The molecular formula is C8H14O. The molecule has 0 saturated heterocycles. The summed E-state index contributed by atoms with van der Waals surface area (Å²) in [6.07, 6.45) is 2.26. The van der Waals surface area contributed by atoms with Crippen molar-refractivity contribution >= 4 is 0 Å². The van der Waals surface area contributed by atoms with E-state index in [0.717, 1.165) is 5.57 Å². The molecule has 0 unspecified atom stereocenters. The fourth-order valence-electron chi connectivity index (χ4n) is 0.628. The highest BCUT2D eigenvalue weighted by atomic mass is 16.3. The van der Waals surface area contributed by atoms with Gasteiger partial charge >= 0.3 is 0 Å². The Kier molecular flexibility index (Phi) is 2.65. The minimum absolute atomic E-state index is 0.594. The second kappa shape index (κ2) is 2.83. The van der Waals surface area contributed by atoms with Gasteiger partial charge in [-0.3, -0.25) is 0 Å². The summed E-state index contributed by atoms with van der Waals surface area (Å²) in [5.41, 5.74) is 0.230. The van der Waals surface area contributed by atoms with Crippen LogP contribution in [0.4, 0.5) is 0 Å². The summed E-state index contributed by atoms with van der Waals surface area (Å²) < 4.78 is 0. The fourth-order valence-corrected chi connectivity index (χ4v) is 0.628. The Hall–Kier alpha value is -0.560. The molecule has 0 amide bonds. The van der Waals surface area contributed by atoms with Crippen LogP contribution in [0.25, 0.3) is 0 Å². The second-order valence-corrected chi connectivity index (χ2v) is 2.85. The molecule has 1 heteroatoms. The fraction of sp³-hybridized carbons (Fsp3) is 0.500. The van der Waals surface area contributed by atoms with Crippen LogP contribution in [0.5, 0.6) is 0 Å². The molecule has 0 saturated carbocycles. The van der Waals surface area contributed by atoms with E-state index >= 15 is 0 Å². The van der Waals surface area contributed by atoms with Crippen LogP contribution in [0, 0.1) is 0 Å². The lowest BCUT2D eigenvalue weighted by atomic mass is 10.0. The lowest BCUT2D eigenvalue weighted by Crippen LogP contribution is -2.18. The Labute approximate surface area is 56.7 Å². The van der Waals surface area contributed by atoms with Gasteiger partial charge in [0.15, 0.2) is 0 Å². The van der Waals surface area contributed by atoms with Crippen molar-refractivity contribution in [3.8, 4) is 0 Å². The Morgan fingerprint density at radius 1 is 1.67 bits per heavy atom. The minimum atomic E-state index is -0.648. The third-order valence-corrected chi connectivity index (χ3v) is 0.948. The lowest BCUT2D eigenvalue weighted by molar-refractivity contribution is 0.0820. The zero-order valence-corrected chi connectivity index (χ0v) is 6.15. The van der Waals surface area contributed by atoms with Crippen molar-refractivity contribution in [2.45, 2.75) is 25.9 Å². The summed E-state index contributed by atoms with van der Waals surface area (Å²) in [7, 11) is 0. The monoisotopic (exact) mass is 126 g/mol. The third-order valence-electron chi connectivity index (χ3n) is 0.948. The number of rotatable bonds is 3. The maximum Gasteiger partial charge on any atom is 0.0631 e. The van der Waals surface area contributed by atoms with Gasteiger partial charge in [-0.05, 0) is 13.8 Å². The zero-order chi connectivity index (χ0) is 7.49. The standard InChI is InChI=1S/C8H14O/c1-5-7(2)6-8(3,4)9/h5,9H,1-2,6H2,3-4H3. The number of aliphatic hydroxyl groups is 1. The summed E-state index contributed by atoms with van der Waals surface area (Å²) in [5.74, 6) is 0. The molecule has 0 fully saturated rings. The smallest absolute Gasteiger partial charge is 0.0631 e. The van der Waals surface area contributed by atoms with Gasteiger partial charge in [0.05, 0.1) is 5.60 Å². The number of allylic oxidation sites excluding steroid dienone is 1. The summed E-state index contributed by atoms with van der Waals surface area (Å²) in [5, 5.41) is 9.21. The van der Waals surface area contributed by atoms with Gasteiger partial charge in [-0.15, -0.1) is 0 Å². The van der Waals surface area contributed by atoms with Crippen molar-refractivity contribution < 1.29 is 5.11 Å². The normalized spacial score (nSPS) is 11.0. The van der Waals surface area contributed by atoms with Crippen molar-refractivity contribution in [2.75, 3.05) is 0 Å². The predicted octanol–water partition coefficient (Wildman–Crippen LogP) is 1.89. The molecule has 0 spiro atoms. The van der Waals surface area contributed by atoms with Crippen LogP contribution in [0.2, 0.25) is 0 Å². The molecule has 0 aliphatic rings. The molecule has 0 aromatic heterocycles. The van der Waals surface area contributed by atoms with Crippen molar-refractivity contribution in [1.29, 1.82) is 0 Å². The molecule has 0 radical (unpaired) electrons. The van der Waals surface area contributed by atoms with Crippen LogP contribution in [0.1, 0.15) is 20.3 Å². The van der Waals surface area contributed by atoms with E-state index in [9.17, 15) is 5.11 Å². The van der Waals surface area contributed by atoms with Crippen molar-refractivity contribution in [3.05, 3.63) is 24.8 Å². The number of hydrogen-bond acceptors (Lipinski definition) is 1. The van der Waals surface area contributed by atoms with Crippen LogP contribution >= 0.6 is 0 Å². The predicted molar refractivity (Wildman–Crippen MR) is 40.3 cm³/mol. The molecule has 0 bridgehead atoms. The largest absolute Gasteiger partial charge is 0.390 e. The van der Waals surface area contributed by atoms with Crippen molar-refractivity contribution in [3.63, 3.8) is 0 Å². The Morgan fingerprint density at radius 2 is 2.11 bits per heavy atom. The van der Waals surface area contributed by atoms with Crippen LogP contribution in [-0.4, -0.2) is 10.7 Å². The molecule has 0 heterocycles. The van der Waals surface area contributed by atoms with E-state index in [1.807, 2.05) is 0 Å². The van der Waals surface area contributed by atoms with Crippen LogP contribution in [0.15, 0.2) is 24.8 Å². The molecule has 0 aliphatic heterocycles. The molecule has 0 aliphatic carbocycles. The van der Waals surface area contributed by atoms with Gasteiger partial charge in [-0.25, -0.2) is 0 Å². The van der Waals surface area contributed by atoms with E-state index in [0.29, 0.717) is 6.42 Å². The summed E-state index contributed by atoms with van der Waals surface area (Å²) in [6, 6.07) is 0. The number of hydrogen-bond donors (Lipinski definition) is 1. The third kappa shape index (κ3) is 5.31.